The van der Waals surface area contributed by atoms with Gasteiger partial charge in [-0.2, -0.15) is 10.4 Å². The Bertz CT molecular complexity index is 1060. The molecule has 0 radical (unpaired) electrons. The van der Waals surface area contributed by atoms with E-state index in [1.54, 1.807) is 30.3 Å². The number of nitrogens with zero attached hydrogens (tertiary/aromatic N) is 3. The molecule has 0 aliphatic carbocycles. The average molecular weight is 376 g/mol. The van der Waals surface area contributed by atoms with Gasteiger partial charge in [0.05, 0.1) is 23.9 Å². The van der Waals surface area contributed by atoms with Crippen molar-refractivity contribution >= 4 is 23.5 Å². The largest absolute Gasteiger partial charge is 0.289 e. The third kappa shape index (κ3) is 4.16. The maximum absolute atomic E-state index is 12.4. The van der Waals surface area contributed by atoms with E-state index in [1.165, 1.54) is 6.08 Å². The second kappa shape index (κ2) is 8.03. The Balaban J connectivity index is 1.82. The highest BCUT2D eigenvalue weighted by Gasteiger charge is 2.11. The molecule has 2 aromatic carbocycles. The second-order valence-corrected chi connectivity index (χ2v) is 6.63. The zero-order valence-electron chi connectivity index (χ0n) is 15.1. The predicted molar refractivity (Wildman–Crippen MR) is 107 cm³/mol. The van der Waals surface area contributed by atoms with Crippen LogP contribution in [0.2, 0.25) is 5.02 Å². The molecule has 0 fully saturated rings. The Morgan fingerprint density at radius 2 is 1.89 bits per heavy atom. The van der Waals surface area contributed by atoms with Gasteiger partial charge in [0.2, 0.25) is 0 Å². The van der Waals surface area contributed by atoms with Gasteiger partial charge in [0, 0.05) is 21.8 Å². The van der Waals surface area contributed by atoms with Crippen molar-refractivity contribution in [2.45, 2.75) is 20.4 Å². The quantitative estimate of drug-likeness (QED) is 0.467. The van der Waals surface area contributed by atoms with Crippen molar-refractivity contribution < 1.29 is 4.79 Å². The Morgan fingerprint density at radius 1 is 1.19 bits per heavy atom. The lowest BCUT2D eigenvalue weighted by Crippen LogP contribution is -2.04. The highest BCUT2D eigenvalue weighted by molar-refractivity contribution is 6.31. The minimum atomic E-state index is -0.114. The van der Waals surface area contributed by atoms with Gasteiger partial charge >= 0.3 is 0 Å². The van der Waals surface area contributed by atoms with Gasteiger partial charge in [-0.15, -0.1) is 0 Å². The molecule has 134 valence electrons. The zero-order chi connectivity index (χ0) is 19.4. The van der Waals surface area contributed by atoms with Gasteiger partial charge in [0.15, 0.2) is 5.78 Å². The van der Waals surface area contributed by atoms with E-state index in [-0.39, 0.29) is 5.78 Å². The van der Waals surface area contributed by atoms with Crippen molar-refractivity contribution in [1.82, 2.24) is 9.78 Å². The van der Waals surface area contributed by atoms with Gasteiger partial charge in [-0.3, -0.25) is 9.48 Å². The minimum absolute atomic E-state index is 0.114. The minimum Gasteiger partial charge on any atom is -0.289 e. The van der Waals surface area contributed by atoms with E-state index in [9.17, 15) is 4.79 Å². The molecule has 0 unspecified atom stereocenters. The SMILES string of the molecule is Cc1nn(Cc2ccccc2Cl)c(C)c1/C=C/C(=O)c1ccc(C#N)cc1. The lowest BCUT2D eigenvalue weighted by molar-refractivity contribution is 0.104. The molecule has 0 N–H and O–H groups in total. The fourth-order valence-electron chi connectivity index (χ4n) is 2.86. The number of nitriles is 1. The Morgan fingerprint density at radius 3 is 2.56 bits per heavy atom. The number of carbonyl (C=O) groups excluding carboxylic acids is 1. The number of aromatic nitrogens is 2. The lowest BCUT2D eigenvalue weighted by Gasteiger charge is -2.06. The maximum Gasteiger partial charge on any atom is 0.185 e. The first-order valence-electron chi connectivity index (χ1n) is 8.49. The summed E-state index contributed by atoms with van der Waals surface area (Å²) in [6.07, 6.45) is 3.33. The fraction of sp³-hybridized carbons (Fsp3) is 0.136. The summed E-state index contributed by atoms with van der Waals surface area (Å²) in [5.41, 5.74) is 4.81. The van der Waals surface area contributed by atoms with Gasteiger partial charge in [-0.25, -0.2) is 0 Å². The number of carbonyl (C=O) groups is 1. The van der Waals surface area contributed by atoms with Gasteiger partial charge in [-0.05, 0) is 61.9 Å². The number of ketones is 1. The fourth-order valence-corrected chi connectivity index (χ4v) is 3.05. The second-order valence-electron chi connectivity index (χ2n) is 6.22. The van der Waals surface area contributed by atoms with Crippen LogP contribution < -0.4 is 0 Å². The van der Waals surface area contributed by atoms with Crippen LogP contribution in [-0.4, -0.2) is 15.6 Å². The number of halogens is 1. The molecular formula is C22H18ClN3O. The average Bonchev–Trinajstić information content (AvgIpc) is 2.94. The molecule has 27 heavy (non-hydrogen) atoms. The molecule has 3 rings (SSSR count). The summed E-state index contributed by atoms with van der Waals surface area (Å²) < 4.78 is 1.89. The number of aryl methyl sites for hydroxylation is 1. The van der Waals surface area contributed by atoms with Crippen LogP contribution in [-0.2, 0) is 6.54 Å². The van der Waals surface area contributed by atoms with Gasteiger partial charge in [-0.1, -0.05) is 29.8 Å². The molecule has 4 nitrogen and oxygen atoms in total. The first-order valence-corrected chi connectivity index (χ1v) is 8.87. The summed E-state index contributed by atoms with van der Waals surface area (Å²) >= 11 is 6.25. The highest BCUT2D eigenvalue weighted by Crippen LogP contribution is 2.20. The molecule has 0 spiro atoms. The maximum atomic E-state index is 12.4. The monoisotopic (exact) mass is 375 g/mol. The van der Waals surface area contributed by atoms with Crippen molar-refractivity contribution in [1.29, 1.82) is 5.26 Å². The van der Waals surface area contributed by atoms with E-state index in [4.69, 9.17) is 16.9 Å². The number of rotatable bonds is 5. The number of hydrogen-bond acceptors (Lipinski definition) is 3. The first kappa shape index (κ1) is 18.6. The summed E-state index contributed by atoms with van der Waals surface area (Å²) in [7, 11) is 0. The smallest absolute Gasteiger partial charge is 0.185 e. The molecule has 3 aromatic rings. The Kier molecular flexibility index (Phi) is 5.54. The topological polar surface area (TPSA) is 58.7 Å². The standard InChI is InChI=1S/C22H18ClN3O/c1-15-20(11-12-22(27)18-9-7-17(13-24)8-10-18)16(2)26(25-15)14-19-5-3-4-6-21(19)23/h3-12H,14H2,1-2H3/b12-11+. The molecular weight excluding hydrogens is 358 g/mol. The first-order chi connectivity index (χ1) is 13.0. The molecule has 0 atom stereocenters. The van der Waals surface area contributed by atoms with E-state index < -0.39 is 0 Å². The van der Waals surface area contributed by atoms with Gasteiger partial charge < -0.3 is 0 Å². The number of benzene rings is 2. The van der Waals surface area contributed by atoms with Crippen LogP contribution in [0.5, 0.6) is 0 Å². The summed E-state index contributed by atoms with van der Waals surface area (Å²) in [6, 6.07) is 16.3. The van der Waals surface area contributed by atoms with Crippen LogP contribution in [0.1, 0.15) is 38.4 Å². The third-order valence-electron chi connectivity index (χ3n) is 4.42. The summed E-state index contributed by atoms with van der Waals surface area (Å²) in [5.74, 6) is -0.114. The summed E-state index contributed by atoms with van der Waals surface area (Å²) in [6.45, 7) is 4.47. The number of hydrogen-bond donors (Lipinski definition) is 0. The van der Waals surface area contributed by atoms with E-state index in [1.807, 2.05) is 48.9 Å². The Hall–Kier alpha value is -3.16. The molecule has 0 bridgehead atoms. The van der Waals surface area contributed by atoms with Crippen molar-refractivity contribution in [3.63, 3.8) is 0 Å². The van der Waals surface area contributed by atoms with Crippen LogP contribution in [0.25, 0.3) is 6.08 Å². The molecule has 1 aromatic heterocycles. The molecule has 0 amide bonds. The van der Waals surface area contributed by atoms with Crippen molar-refractivity contribution in [3.05, 3.63) is 93.3 Å². The van der Waals surface area contributed by atoms with Gasteiger partial charge in [0.1, 0.15) is 0 Å². The summed E-state index contributed by atoms with van der Waals surface area (Å²) in [5, 5.41) is 14.1. The van der Waals surface area contributed by atoms with Crippen molar-refractivity contribution in [2.75, 3.05) is 0 Å². The van der Waals surface area contributed by atoms with Crippen molar-refractivity contribution in [2.24, 2.45) is 0 Å². The van der Waals surface area contributed by atoms with E-state index in [0.29, 0.717) is 22.7 Å². The van der Waals surface area contributed by atoms with Crippen molar-refractivity contribution in [3.8, 4) is 6.07 Å². The Labute approximate surface area is 163 Å². The zero-order valence-corrected chi connectivity index (χ0v) is 15.9. The van der Waals surface area contributed by atoms with E-state index in [2.05, 4.69) is 5.10 Å². The molecule has 0 saturated heterocycles. The molecule has 0 saturated carbocycles. The third-order valence-corrected chi connectivity index (χ3v) is 4.78. The van der Waals surface area contributed by atoms with Crippen LogP contribution in [0.4, 0.5) is 0 Å². The van der Waals surface area contributed by atoms with Crippen LogP contribution in [0.15, 0.2) is 54.6 Å². The van der Waals surface area contributed by atoms with E-state index in [0.717, 1.165) is 22.5 Å². The lowest BCUT2D eigenvalue weighted by atomic mass is 10.1. The normalized spacial score (nSPS) is 10.9. The molecule has 5 heteroatoms. The predicted octanol–water partition coefficient (Wildman–Crippen LogP) is 4.97. The van der Waals surface area contributed by atoms with Crippen LogP contribution in [0, 0.1) is 25.2 Å². The molecule has 0 aliphatic heterocycles. The van der Waals surface area contributed by atoms with E-state index >= 15 is 0 Å². The van der Waals surface area contributed by atoms with Crippen LogP contribution in [0.3, 0.4) is 0 Å². The summed E-state index contributed by atoms with van der Waals surface area (Å²) in [4.78, 5) is 12.4. The molecule has 1 heterocycles. The number of allylic oxidation sites excluding steroid dienone is 1. The molecule has 0 aliphatic rings. The van der Waals surface area contributed by atoms with Crippen LogP contribution >= 0.6 is 11.6 Å². The van der Waals surface area contributed by atoms with Gasteiger partial charge in [0.25, 0.3) is 0 Å². The highest BCUT2D eigenvalue weighted by atomic mass is 35.5.